The maximum atomic E-state index is 10.4. The molecule has 0 amide bonds. The first kappa shape index (κ1) is 9.65. The van der Waals surface area contributed by atoms with Crippen LogP contribution in [-0.4, -0.2) is 11.3 Å². The van der Waals surface area contributed by atoms with Crippen LogP contribution < -0.4 is 0 Å². The molecular formula is C12H11NO2. The van der Waals surface area contributed by atoms with Gasteiger partial charge in [-0.15, -0.1) is 0 Å². The summed E-state index contributed by atoms with van der Waals surface area (Å²) < 4.78 is 4.97. The Morgan fingerprint density at radius 2 is 2.13 bits per heavy atom. The van der Waals surface area contributed by atoms with E-state index >= 15 is 0 Å². The Labute approximate surface area is 87.8 Å². The summed E-state index contributed by atoms with van der Waals surface area (Å²) in [6.45, 7) is 4.05. The molecule has 2 rings (SSSR count). The first-order valence-corrected chi connectivity index (χ1v) is 4.69. The van der Waals surface area contributed by atoms with Crippen molar-refractivity contribution in [3.05, 3.63) is 41.5 Å². The van der Waals surface area contributed by atoms with Crippen LogP contribution in [0.5, 0.6) is 0 Å². The Bertz CT molecular complexity index is 500. The SMILES string of the molecule is Cc1ccc(-c2coc(C=O)n2)c(C)c1. The Morgan fingerprint density at radius 3 is 2.73 bits per heavy atom. The number of nitrogens with zero attached hydrogens (tertiary/aromatic N) is 1. The Kier molecular flexibility index (Phi) is 2.37. The Morgan fingerprint density at radius 1 is 1.33 bits per heavy atom. The molecule has 0 N–H and O–H groups in total. The van der Waals surface area contributed by atoms with E-state index in [1.807, 2.05) is 26.0 Å². The van der Waals surface area contributed by atoms with Crippen LogP contribution in [0.1, 0.15) is 21.8 Å². The number of rotatable bonds is 2. The van der Waals surface area contributed by atoms with Gasteiger partial charge in [-0.05, 0) is 19.4 Å². The van der Waals surface area contributed by atoms with E-state index in [4.69, 9.17) is 4.42 Å². The van der Waals surface area contributed by atoms with Crippen molar-refractivity contribution in [3.8, 4) is 11.3 Å². The van der Waals surface area contributed by atoms with Crippen molar-refractivity contribution in [2.24, 2.45) is 0 Å². The molecule has 0 aliphatic rings. The second-order valence-corrected chi connectivity index (χ2v) is 3.51. The van der Waals surface area contributed by atoms with E-state index in [-0.39, 0.29) is 5.89 Å². The van der Waals surface area contributed by atoms with E-state index in [1.54, 1.807) is 0 Å². The van der Waals surface area contributed by atoms with Gasteiger partial charge < -0.3 is 4.42 Å². The van der Waals surface area contributed by atoms with Gasteiger partial charge in [0.1, 0.15) is 12.0 Å². The van der Waals surface area contributed by atoms with Gasteiger partial charge in [0, 0.05) is 5.56 Å². The lowest BCUT2D eigenvalue weighted by atomic mass is 10.0. The van der Waals surface area contributed by atoms with Crippen LogP contribution in [0.3, 0.4) is 0 Å². The lowest BCUT2D eigenvalue weighted by Crippen LogP contribution is -1.85. The van der Waals surface area contributed by atoms with Gasteiger partial charge in [0.2, 0.25) is 6.29 Å². The zero-order valence-corrected chi connectivity index (χ0v) is 8.65. The molecule has 0 bridgehead atoms. The molecule has 0 unspecified atom stereocenters. The number of benzene rings is 1. The predicted molar refractivity (Wildman–Crippen MR) is 56.8 cm³/mol. The fourth-order valence-corrected chi connectivity index (χ4v) is 1.57. The zero-order valence-electron chi connectivity index (χ0n) is 8.65. The van der Waals surface area contributed by atoms with Gasteiger partial charge in [0.15, 0.2) is 0 Å². The number of aryl methyl sites for hydroxylation is 2. The summed E-state index contributed by atoms with van der Waals surface area (Å²) in [6, 6.07) is 6.07. The summed E-state index contributed by atoms with van der Waals surface area (Å²) in [5.41, 5.74) is 4.03. The van der Waals surface area contributed by atoms with Crippen LogP contribution in [0.4, 0.5) is 0 Å². The van der Waals surface area contributed by atoms with E-state index in [2.05, 4.69) is 11.1 Å². The number of hydrogen-bond acceptors (Lipinski definition) is 3. The number of hydrogen-bond donors (Lipinski definition) is 0. The summed E-state index contributed by atoms with van der Waals surface area (Å²) in [5, 5.41) is 0. The van der Waals surface area contributed by atoms with E-state index in [0.29, 0.717) is 12.0 Å². The van der Waals surface area contributed by atoms with E-state index in [0.717, 1.165) is 11.1 Å². The van der Waals surface area contributed by atoms with Gasteiger partial charge in [0.05, 0.1) is 0 Å². The molecule has 1 aromatic heterocycles. The molecule has 76 valence electrons. The summed E-state index contributed by atoms with van der Waals surface area (Å²) >= 11 is 0. The van der Waals surface area contributed by atoms with Crippen LogP contribution in [0.2, 0.25) is 0 Å². The quantitative estimate of drug-likeness (QED) is 0.701. The second-order valence-electron chi connectivity index (χ2n) is 3.51. The minimum atomic E-state index is 0.116. The normalized spacial score (nSPS) is 10.3. The molecule has 3 heteroatoms. The van der Waals surface area contributed by atoms with E-state index in [1.165, 1.54) is 11.8 Å². The van der Waals surface area contributed by atoms with Gasteiger partial charge >= 0.3 is 0 Å². The molecule has 15 heavy (non-hydrogen) atoms. The fourth-order valence-electron chi connectivity index (χ4n) is 1.57. The lowest BCUT2D eigenvalue weighted by molar-refractivity contribution is 0.109. The van der Waals surface area contributed by atoms with Crippen LogP contribution in [0, 0.1) is 13.8 Å². The van der Waals surface area contributed by atoms with Gasteiger partial charge in [-0.3, -0.25) is 4.79 Å². The monoisotopic (exact) mass is 201 g/mol. The minimum absolute atomic E-state index is 0.116. The highest BCUT2D eigenvalue weighted by Gasteiger charge is 2.07. The van der Waals surface area contributed by atoms with Gasteiger partial charge in [0.25, 0.3) is 5.89 Å². The molecule has 0 radical (unpaired) electrons. The maximum absolute atomic E-state index is 10.4. The van der Waals surface area contributed by atoms with Crippen molar-refractivity contribution in [2.75, 3.05) is 0 Å². The number of aldehydes is 1. The van der Waals surface area contributed by atoms with Crippen molar-refractivity contribution < 1.29 is 9.21 Å². The summed E-state index contributed by atoms with van der Waals surface area (Å²) in [7, 11) is 0. The van der Waals surface area contributed by atoms with E-state index < -0.39 is 0 Å². The highest BCUT2D eigenvalue weighted by atomic mass is 16.3. The molecule has 0 spiro atoms. The highest BCUT2D eigenvalue weighted by Crippen LogP contribution is 2.23. The topological polar surface area (TPSA) is 43.1 Å². The molecular weight excluding hydrogens is 190 g/mol. The van der Waals surface area contributed by atoms with Crippen LogP contribution >= 0.6 is 0 Å². The molecule has 0 saturated heterocycles. The molecule has 2 aromatic rings. The number of carbonyl (C=O) groups is 1. The summed E-state index contributed by atoms with van der Waals surface area (Å²) in [6.07, 6.45) is 2.11. The van der Waals surface area contributed by atoms with Crippen molar-refractivity contribution in [1.82, 2.24) is 4.98 Å². The van der Waals surface area contributed by atoms with Crippen molar-refractivity contribution in [1.29, 1.82) is 0 Å². The number of oxazole rings is 1. The molecule has 0 aliphatic carbocycles. The molecule has 1 aromatic carbocycles. The molecule has 1 heterocycles. The number of aromatic nitrogens is 1. The van der Waals surface area contributed by atoms with Crippen LogP contribution in [0.25, 0.3) is 11.3 Å². The third kappa shape index (κ3) is 1.81. The average Bonchev–Trinajstić information content (AvgIpc) is 2.66. The van der Waals surface area contributed by atoms with Gasteiger partial charge in [-0.1, -0.05) is 23.8 Å². The fraction of sp³-hybridized carbons (Fsp3) is 0.167. The maximum Gasteiger partial charge on any atom is 0.260 e. The average molecular weight is 201 g/mol. The van der Waals surface area contributed by atoms with E-state index in [9.17, 15) is 4.79 Å². The third-order valence-electron chi connectivity index (χ3n) is 2.28. The van der Waals surface area contributed by atoms with Crippen molar-refractivity contribution >= 4 is 6.29 Å². The molecule has 0 saturated carbocycles. The summed E-state index contributed by atoms with van der Waals surface area (Å²) in [5.74, 6) is 0.116. The smallest absolute Gasteiger partial charge is 0.260 e. The largest absolute Gasteiger partial charge is 0.442 e. The summed E-state index contributed by atoms with van der Waals surface area (Å²) in [4.78, 5) is 14.5. The molecule has 0 aliphatic heterocycles. The minimum Gasteiger partial charge on any atom is -0.442 e. The number of carbonyl (C=O) groups excluding carboxylic acids is 1. The Balaban J connectivity index is 2.49. The van der Waals surface area contributed by atoms with Crippen molar-refractivity contribution in [3.63, 3.8) is 0 Å². The van der Waals surface area contributed by atoms with Gasteiger partial charge in [-0.2, -0.15) is 0 Å². The van der Waals surface area contributed by atoms with Gasteiger partial charge in [-0.25, -0.2) is 4.98 Å². The zero-order chi connectivity index (χ0) is 10.8. The van der Waals surface area contributed by atoms with Crippen molar-refractivity contribution in [2.45, 2.75) is 13.8 Å². The highest BCUT2D eigenvalue weighted by molar-refractivity contribution is 5.71. The predicted octanol–water partition coefficient (Wildman–Crippen LogP) is 2.77. The molecule has 3 nitrogen and oxygen atoms in total. The first-order chi connectivity index (χ1) is 7.20. The van der Waals surface area contributed by atoms with Crippen LogP contribution in [0.15, 0.2) is 28.9 Å². The lowest BCUT2D eigenvalue weighted by Gasteiger charge is -2.02. The van der Waals surface area contributed by atoms with Crippen LogP contribution in [-0.2, 0) is 0 Å². The first-order valence-electron chi connectivity index (χ1n) is 4.69. The Hall–Kier alpha value is -1.90. The second kappa shape index (κ2) is 3.69. The third-order valence-corrected chi connectivity index (χ3v) is 2.28. The molecule has 0 atom stereocenters. The molecule has 0 fully saturated rings. The standard InChI is InChI=1S/C12H11NO2/c1-8-3-4-10(9(2)5-8)11-7-15-12(6-14)13-11/h3-7H,1-2H3.